The average molecular weight is 294 g/mol. The highest BCUT2D eigenvalue weighted by Gasteiger charge is 2.47. The fourth-order valence-corrected chi connectivity index (χ4v) is 4.13. The van der Waals surface area contributed by atoms with E-state index in [2.05, 4.69) is 29.2 Å². The second kappa shape index (κ2) is 5.86. The minimum absolute atomic E-state index is 0.150. The summed E-state index contributed by atoms with van der Waals surface area (Å²) in [5.74, 6) is -0.150. The van der Waals surface area contributed by atoms with Gasteiger partial charge >= 0.3 is 0 Å². The maximum Gasteiger partial charge on any atom is 0.237 e. The van der Waals surface area contributed by atoms with Crippen molar-refractivity contribution in [1.29, 1.82) is 0 Å². The molecule has 3 atom stereocenters. The lowest BCUT2D eigenvalue weighted by Gasteiger charge is -2.32. The molecule has 0 bridgehead atoms. The van der Waals surface area contributed by atoms with Crippen LogP contribution in [0.15, 0.2) is 0 Å². The number of hydrogen-bond acceptors (Lipinski definition) is 4. The van der Waals surface area contributed by atoms with Crippen molar-refractivity contribution < 1.29 is 4.79 Å². The molecule has 3 unspecified atom stereocenters. The zero-order valence-corrected chi connectivity index (χ0v) is 13.5. The number of nitrogens with zero attached hydrogens (tertiary/aromatic N) is 2. The molecule has 2 aliphatic carbocycles. The number of hydrogen-bond donors (Lipinski definition) is 2. The van der Waals surface area contributed by atoms with Crippen LogP contribution in [0.2, 0.25) is 0 Å². The Morgan fingerprint density at radius 1 is 1.38 bits per heavy atom. The molecule has 21 heavy (non-hydrogen) atoms. The predicted molar refractivity (Wildman–Crippen MR) is 84.0 cm³/mol. The molecule has 5 nitrogen and oxygen atoms in total. The highest BCUT2D eigenvalue weighted by atomic mass is 16.1. The molecule has 3 N–H and O–H groups in total. The van der Waals surface area contributed by atoms with Gasteiger partial charge in [-0.2, -0.15) is 0 Å². The zero-order valence-electron chi connectivity index (χ0n) is 13.5. The Morgan fingerprint density at radius 2 is 2.14 bits per heavy atom. The van der Waals surface area contributed by atoms with Crippen LogP contribution >= 0.6 is 0 Å². The number of carbonyl (C=O) groups excluding carboxylic acids is 1. The van der Waals surface area contributed by atoms with Gasteiger partial charge in [0.1, 0.15) is 0 Å². The fraction of sp³-hybridized carbons (Fsp3) is 0.938. The summed E-state index contributed by atoms with van der Waals surface area (Å²) >= 11 is 0. The van der Waals surface area contributed by atoms with Gasteiger partial charge in [0.2, 0.25) is 5.91 Å². The van der Waals surface area contributed by atoms with E-state index in [1.807, 2.05) is 0 Å². The third kappa shape index (κ3) is 3.25. The molecule has 3 rings (SSSR count). The van der Waals surface area contributed by atoms with E-state index in [0.717, 1.165) is 25.8 Å². The number of nitrogens with one attached hydrogen (secondary N) is 1. The lowest BCUT2D eigenvalue weighted by Crippen LogP contribution is -2.55. The summed E-state index contributed by atoms with van der Waals surface area (Å²) in [6.07, 6.45) is 7.86. The summed E-state index contributed by atoms with van der Waals surface area (Å²) in [6, 6.07) is 1.69. The number of nitrogens with two attached hydrogens (primary N) is 1. The minimum Gasteiger partial charge on any atom is -0.368 e. The van der Waals surface area contributed by atoms with Crippen LogP contribution in [0.4, 0.5) is 0 Å². The van der Waals surface area contributed by atoms with Crippen molar-refractivity contribution in [1.82, 2.24) is 15.1 Å². The lowest BCUT2D eigenvalue weighted by molar-refractivity contribution is -0.124. The van der Waals surface area contributed by atoms with Gasteiger partial charge < -0.3 is 20.9 Å². The normalized spacial score (nSPS) is 37.5. The van der Waals surface area contributed by atoms with Gasteiger partial charge in [-0.3, -0.25) is 4.79 Å². The number of primary amides is 1. The molecule has 3 aliphatic rings. The van der Waals surface area contributed by atoms with Crippen molar-refractivity contribution in [3.05, 3.63) is 0 Å². The van der Waals surface area contributed by atoms with Crippen LogP contribution in [0.1, 0.15) is 44.9 Å². The van der Waals surface area contributed by atoms with E-state index >= 15 is 0 Å². The van der Waals surface area contributed by atoms with E-state index in [0.29, 0.717) is 18.1 Å². The molecule has 1 amide bonds. The number of likely N-dealkylation sites (N-methyl/N-ethyl adjacent to an activating group) is 2. The summed E-state index contributed by atoms with van der Waals surface area (Å²) < 4.78 is 0. The van der Waals surface area contributed by atoms with E-state index < -0.39 is 5.54 Å². The van der Waals surface area contributed by atoms with Crippen molar-refractivity contribution in [2.24, 2.45) is 5.73 Å². The monoisotopic (exact) mass is 294 g/mol. The Hall–Kier alpha value is -0.650. The Bertz CT molecular complexity index is 398. The molecule has 0 aromatic carbocycles. The van der Waals surface area contributed by atoms with Gasteiger partial charge in [0.15, 0.2) is 0 Å². The molecule has 2 saturated carbocycles. The first-order chi connectivity index (χ1) is 10.00. The van der Waals surface area contributed by atoms with Gasteiger partial charge in [0.05, 0.1) is 5.54 Å². The molecular formula is C16H30N4O. The first-order valence-electron chi connectivity index (χ1n) is 8.48. The number of rotatable bonds is 6. The first kappa shape index (κ1) is 15.3. The highest BCUT2D eigenvalue weighted by Crippen LogP contribution is 2.36. The van der Waals surface area contributed by atoms with E-state index in [-0.39, 0.29) is 5.91 Å². The van der Waals surface area contributed by atoms with Crippen LogP contribution in [-0.2, 0) is 4.79 Å². The van der Waals surface area contributed by atoms with Gasteiger partial charge in [0.25, 0.3) is 0 Å². The molecule has 0 spiro atoms. The van der Waals surface area contributed by atoms with Gasteiger partial charge in [-0.1, -0.05) is 0 Å². The molecule has 1 saturated heterocycles. The quantitative estimate of drug-likeness (QED) is 0.751. The fourth-order valence-electron chi connectivity index (χ4n) is 4.13. The Balaban J connectivity index is 1.57. The Morgan fingerprint density at radius 3 is 2.71 bits per heavy atom. The number of carbonyl (C=O) groups is 1. The number of amides is 1. The van der Waals surface area contributed by atoms with Crippen molar-refractivity contribution in [2.75, 3.05) is 27.2 Å². The van der Waals surface area contributed by atoms with Crippen LogP contribution in [0.5, 0.6) is 0 Å². The second-order valence-corrected chi connectivity index (χ2v) is 7.48. The van der Waals surface area contributed by atoms with Crippen molar-refractivity contribution in [3.63, 3.8) is 0 Å². The SMILES string of the molecule is CN1CCCC1CN(C)C1CCC(NC2CC2)(C(N)=O)C1. The summed E-state index contributed by atoms with van der Waals surface area (Å²) in [4.78, 5) is 16.9. The van der Waals surface area contributed by atoms with E-state index in [1.54, 1.807) is 0 Å². The highest BCUT2D eigenvalue weighted by molar-refractivity contribution is 5.85. The summed E-state index contributed by atoms with van der Waals surface area (Å²) in [7, 11) is 4.44. The predicted octanol–water partition coefficient (Wildman–Crippen LogP) is 0.541. The van der Waals surface area contributed by atoms with Gasteiger partial charge in [-0.15, -0.1) is 0 Å². The molecule has 1 heterocycles. The lowest BCUT2D eigenvalue weighted by atomic mass is 9.96. The third-order valence-electron chi connectivity index (χ3n) is 5.81. The zero-order chi connectivity index (χ0) is 15.0. The van der Waals surface area contributed by atoms with Crippen LogP contribution in [-0.4, -0.2) is 66.6 Å². The molecule has 0 aromatic heterocycles. The largest absolute Gasteiger partial charge is 0.368 e. The maximum absolute atomic E-state index is 12.0. The standard InChI is InChI=1S/C16H30N4O/c1-19-9-3-4-14(19)11-20(2)13-7-8-16(10-13,15(17)21)18-12-5-6-12/h12-14,18H,3-11H2,1-2H3,(H2,17,21). The molecule has 0 aromatic rings. The average Bonchev–Trinajstić information content (AvgIpc) is 2.97. The molecular weight excluding hydrogens is 264 g/mol. The van der Waals surface area contributed by atoms with Crippen molar-refractivity contribution in [2.45, 2.75) is 68.6 Å². The smallest absolute Gasteiger partial charge is 0.237 e. The van der Waals surface area contributed by atoms with E-state index in [4.69, 9.17) is 5.73 Å². The minimum atomic E-state index is -0.443. The molecule has 3 fully saturated rings. The second-order valence-electron chi connectivity index (χ2n) is 7.48. The maximum atomic E-state index is 12.0. The van der Waals surface area contributed by atoms with Crippen LogP contribution in [0.25, 0.3) is 0 Å². The topological polar surface area (TPSA) is 61.6 Å². The van der Waals surface area contributed by atoms with Crippen molar-refractivity contribution in [3.8, 4) is 0 Å². The summed E-state index contributed by atoms with van der Waals surface area (Å²) in [5.41, 5.74) is 5.29. The van der Waals surface area contributed by atoms with Crippen molar-refractivity contribution >= 4 is 5.91 Å². The van der Waals surface area contributed by atoms with Crippen LogP contribution < -0.4 is 11.1 Å². The van der Waals surface area contributed by atoms with E-state index in [9.17, 15) is 4.79 Å². The summed E-state index contributed by atoms with van der Waals surface area (Å²) in [5, 5.41) is 3.54. The van der Waals surface area contributed by atoms with E-state index in [1.165, 1.54) is 32.2 Å². The van der Waals surface area contributed by atoms with Crippen LogP contribution in [0, 0.1) is 0 Å². The molecule has 120 valence electrons. The van der Waals surface area contributed by atoms with Gasteiger partial charge in [0, 0.05) is 24.7 Å². The molecule has 0 radical (unpaired) electrons. The van der Waals surface area contributed by atoms with Crippen LogP contribution in [0.3, 0.4) is 0 Å². The van der Waals surface area contributed by atoms with Gasteiger partial charge in [-0.05, 0) is 65.6 Å². The third-order valence-corrected chi connectivity index (χ3v) is 5.81. The Kier molecular flexibility index (Phi) is 4.26. The Labute approximate surface area is 128 Å². The molecule has 5 heteroatoms. The molecule has 1 aliphatic heterocycles. The van der Waals surface area contributed by atoms with Gasteiger partial charge in [-0.25, -0.2) is 0 Å². The number of likely N-dealkylation sites (tertiary alicyclic amines) is 1. The summed E-state index contributed by atoms with van der Waals surface area (Å²) in [6.45, 7) is 2.33. The first-order valence-corrected chi connectivity index (χ1v) is 8.48.